The highest BCUT2D eigenvalue weighted by molar-refractivity contribution is 9.10. The number of rotatable bonds is 3. The summed E-state index contributed by atoms with van der Waals surface area (Å²) in [6, 6.07) is 17.8. The second-order valence-electron chi connectivity index (χ2n) is 6.69. The number of nitrogens with one attached hydrogen (secondary N) is 2. The molecule has 0 spiro atoms. The Morgan fingerprint density at radius 3 is 2.67 bits per heavy atom. The van der Waals surface area contributed by atoms with E-state index in [1.165, 1.54) is 0 Å². The quantitative estimate of drug-likeness (QED) is 0.497. The van der Waals surface area contributed by atoms with Crippen LogP contribution in [0.5, 0.6) is 0 Å². The molecule has 5 nitrogen and oxygen atoms in total. The number of hydrogen-bond donors (Lipinski definition) is 2. The molecule has 6 heteroatoms. The molecule has 0 bridgehead atoms. The Balaban J connectivity index is 1.57. The van der Waals surface area contributed by atoms with Crippen LogP contribution in [0.1, 0.15) is 28.2 Å². The van der Waals surface area contributed by atoms with Gasteiger partial charge in [0, 0.05) is 16.5 Å². The van der Waals surface area contributed by atoms with Crippen LogP contribution in [0, 0.1) is 0 Å². The molecule has 2 aromatic carbocycles. The molecule has 0 saturated heterocycles. The van der Waals surface area contributed by atoms with Crippen LogP contribution in [0.3, 0.4) is 0 Å². The van der Waals surface area contributed by atoms with E-state index in [-0.39, 0.29) is 5.91 Å². The molecule has 0 saturated carbocycles. The van der Waals surface area contributed by atoms with Crippen molar-refractivity contribution in [3.05, 3.63) is 76.0 Å². The molecular formula is C21H17BrN4O. The Bertz CT molecular complexity index is 1160. The number of anilines is 1. The SMILES string of the molecule is O=C(Nc1c2c(nn1-c1ccccc1)CCC2)c1[nH]c2ccccc2c1Br. The van der Waals surface area contributed by atoms with Crippen LogP contribution in [0.4, 0.5) is 5.82 Å². The number of aromatic amines is 1. The van der Waals surface area contributed by atoms with Crippen LogP contribution in [0.2, 0.25) is 0 Å². The van der Waals surface area contributed by atoms with Crippen molar-refractivity contribution in [2.24, 2.45) is 0 Å². The van der Waals surface area contributed by atoms with Gasteiger partial charge in [-0.3, -0.25) is 4.79 Å². The molecule has 0 atom stereocenters. The van der Waals surface area contributed by atoms with Gasteiger partial charge in [-0.1, -0.05) is 36.4 Å². The molecule has 1 aliphatic carbocycles. The van der Waals surface area contributed by atoms with Crippen LogP contribution in [0.25, 0.3) is 16.6 Å². The van der Waals surface area contributed by atoms with E-state index in [1.54, 1.807) is 0 Å². The molecular weight excluding hydrogens is 404 g/mol. The van der Waals surface area contributed by atoms with E-state index >= 15 is 0 Å². The van der Waals surface area contributed by atoms with Gasteiger partial charge in [0.15, 0.2) is 0 Å². The average Bonchev–Trinajstić information content (AvgIpc) is 3.38. The highest BCUT2D eigenvalue weighted by Gasteiger charge is 2.25. The molecule has 0 radical (unpaired) electrons. The molecule has 134 valence electrons. The Kier molecular flexibility index (Phi) is 3.86. The molecule has 0 unspecified atom stereocenters. The van der Waals surface area contributed by atoms with E-state index in [1.807, 2.05) is 59.3 Å². The Hall–Kier alpha value is -2.86. The maximum absolute atomic E-state index is 13.1. The zero-order chi connectivity index (χ0) is 18.4. The number of aromatic nitrogens is 3. The van der Waals surface area contributed by atoms with Gasteiger partial charge in [0.05, 0.1) is 15.9 Å². The summed E-state index contributed by atoms with van der Waals surface area (Å²) < 4.78 is 2.62. The molecule has 4 aromatic rings. The minimum atomic E-state index is -0.176. The first kappa shape index (κ1) is 16.3. The number of aryl methyl sites for hydroxylation is 1. The van der Waals surface area contributed by atoms with Gasteiger partial charge in [-0.15, -0.1) is 0 Å². The number of nitrogens with zero attached hydrogens (tertiary/aromatic N) is 2. The molecule has 1 amide bonds. The minimum absolute atomic E-state index is 0.176. The van der Waals surface area contributed by atoms with Crippen molar-refractivity contribution < 1.29 is 4.79 Å². The number of amides is 1. The van der Waals surface area contributed by atoms with Gasteiger partial charge in [0.1, 0.15) is 11.5 Å². The number of carbonyl (C=O) groups is 1. The molecule has 0 aliphatic heterocycles. The monoisotopic (exact) mass is 420 g/mol. The molecule has 2 aromatic heterocycles. The van der Waals surface area contributed by atoms with E-state index in [4.69, 9.17) is 5.10 Å². The van der Waals surface area contributed by atoms with Crippen LogP contribution in [-0.4, -0.2) is 20.7 Å². The Labute approximate surface area is 164 Å². The second kappa shape index (κ2) is 6.39. The summed E-state index contributed by atoms with van der Waals surface area (Å²) in [6.45, 7) is 0. The lowest BCUT2D eigenvalue weighted by atomic mass is 10.2. The average molecular weight is 421 g/mol. The third-order valence-corrected chi connectivity index (χ3v) is 5.83. The number of H-pyrrole nitrogens is 1. The van der Waals surface area contributed by atoms with Crippen molar-refractivity contribution in [2.45, 2.75) is 19.3 Å². The van der Waals surface area contributed by atoms with Crippen molar-refractivity contribution in [1.82, 2.24) is 14.8 Å². The standard InChI is InChI=1S/C21H17BrN4O/c22-18-14-9-4-5-11-16(14)23-19(18)21(27)24-20-15-10-6-12-17(15)25-26(20)13-7-2-1-3-8-13/h1-5,7-9,11,23H,6,10,12H2,(H,24,27). The van der Waals surface area contributed by atoms with Gasteiger partial charge in [0.25, 0.3) is 5.91 Å². The highest BCUT2D eigenvalue weighted by Crippen LogP contribution is 2.33. The van der Waals surface area contributed by atoms with E-state index in [2.05, 4.69) is 26.2 Å². The summed E-state index contributed by atoms with van der Waals surface area (Å²) in [6.07, 6.45) is 2.96. The Morgan fingerprint density at radius 2 is 1.85 bits per heavy atom. The normalized spacial score (nSPS) is 13.1. The molecule has 2 N–H and O–H groups in total. The largest absolute Gasteiger partial charge is 0.350 e. The summed E-state index contributed by atoms with van der Waals surface area (Å²) in [5, 5.41) is 8.85. The number of hydrogen-bond acceptors (Lipinski definition) is 2. The van der Waals surface area contributed by atoms with Gasteiger partial charge < -0.3 is 10.3 Å². The van der Waals surface area contributed by atoms with Gasteiger partial charge in [-0.05, 0) is 53.4 Å². The molecule has 1 aliphatic rings. The molecule has 27 heavy (non-hydrogen) atoms. The number of fused-ring (bicyclic) bond motifs is 2. The van der Waals surface area contributed by atoms with E-state index in [9.17, 15) is 4.79 Å². The summed E-state index contributed by atoms with van der Waals surface area (Å²) in [7, 11) is 0. The zero-order valence-corrected chi connectivity index (χ0v) is 16.1. The first-order valence-electron chi connectivity index (χ1n) is 8.96. The molecule has 2 heterocycles. The zero-order valence-electron chi connectivity index (χ0n) is 14.5. The van der Waals surface area contributed by atoms with E-state index < -0.39 is 0 Å². The lowest BCUT2D eigenvalue weighted by molar-refractivity contribution is 0.102. The van der Waals surface area contributed by atoms with Crippen molar-refractivity contribution in [3.63, 3.8) is 0 Å². The summed E-state index contributed by atoms with van der Waals surface area (Å²) in [5.74, 6) is 0.592. The highest BCUT2D eigenvalue weighted by atomic mass is 79.9. The van der Waals surface area contributed by atoms with E-state index in [0.29, 0.717) is 5.69 Å². The van der Waals surface area contributed by atoms with Crippen LogP contribution < -0.4 is 5.32 Å². The third kappa shape index (κ3) is 2.68. The fourth-order valence-corrected chi connectivity index (χ4v) is 4.34. The third-order valence-electron chi connectivity index (χ3n) is 5.01. The first-order valence-corrected chi connectivity index (χ1v) is 9.75. The topological polar surface area (TPSA) is 62.7 Å². The van der Waals surface area contributed by atoms with Gasteiger partial charge in [-0.25, -0.2) is 4.68 Å². The lowest BCUT2D eigenvalue weighted by Crippen LogP contribution is -2.17. The molecule has 0 fully saturated rings. The predicted octanol–water partition coefficient (Wildman–Crippen LogP) is 4.86. The van der Waals surface area contributed by atoms with Gasteiger partial charge >= 0.3 is 0 Å². The van der Waals surface area contributed by atoms with Crippen LogP contribution in [0.15, 0.2) is 59.1 Å². The maximum Gasteiger partial charge on any atom is 0.274 e. The maximum atomic E-state index is 13.1. The summed E-state index contributed by atoms with van der Waals surface area (Å²) >= 11 is 3.57. The fourth-order valence-electron chi connectivity index (χ4n) is 3.71. The summed E-state index contributed by atoms with van der Waals surface area (Å²) in [4.78, 5) is 16.3. The van der Waals surface area contributed by atoms with Crippen molar-refractivity contribution in [3.8, 4) is 5.69 Å². The number of halogens is 1. The number of para-hydroxylation sites is 2. The van der Waals surface area contributed by atoms with Crippen LogP contribution in [-0.2, 0) is 12.8 Å². The van der Waals surface area contributed by atoms with Gasteiger partial charge in [0.2, 0.25) is 0 Å². The fraction of sp³-hybridized carbons (Fsp3) is 0.143. The molecule has 5 rings (SSSR count). The Morgan fingerprint density at radius 1 is 1.07 bits per heavy atom. The second-order valence-corrected chi connectivity index (χ2v) is 7.48. The summed E-state index contributed by atoms with van der Waals surface area (Å²) in [5.41, 5.74) is 4.60. The van der Waals surface area contributed by atoms with Crippen molar-refractivity contribution in [1.29, 1.82) is 0 Å². The number of carbonyl (C=O) groups excluding carboxylic acids is 1. The van der Waals surface area contributed by atoms with Crippen molar-refractivity contribution >= 4 is 38.6 Å². The van der Waals surface area contributed by atoms with Crippen molar-refractivity contribution in [2.75, 3.05) is 5.32 Å². The van der Waals surface area contributed by atoms with E-state index in [0.717, 1.165) is 57.4 Å². The lowest BCUT2D eigenvalue weighted by Gasteiger charge is -2.11. The smallest absolute Gasteiger partial charge is 0.274 e. The predicted molar refractivity (Wildman–Crippen MR) is 110 cm³/mol. The van der Waals surface area contributed by atoms with Crippen LogP contribution >= 0.6 is 15.9 Å². The first-order chi connectivity index (χ1) is 13.2. The number of benzene rings is 2. The minimum Gasteiger partial charge on any atom is -0.350 e. The van der Waals surface area contributed by atoms with Gasteiger partial charge in [-0.2, -0.15) is 5.10 Å².